The molecule has 3 heterocycles. The molecule has 3 rings (SSSR count). The number of hydrogen-bond donors (Lipinski definition) is 1. The van der Waals surface area contributed by atoms with Crippen LogP contribution in [0.1, 0.15) is 84.1 Å². The van der Waals surface area contributed by atoms with Crippen molar-refractivity contribution in [2.45, 2.75) is 51.5 Å². The van der Waals surface area contributed by atoms with E-state index in [1.807, 2.05) is 13.8 Å². The number of rotatable bonds is 4. The Morgan fingerprint density at radius 3 is 2.69 bits per heavy atom. The topological polar surface area (TPSA) is 115 Å². The average molecular weight is 357 g/mol. The largest absolute Gasteiger partial charge is 0.366 e. The second-order valence-corrected chi connectivity index (χ2v) is 6.81. The fourth-order valence-corrected chi connectivity index (χ4v) is 3.05. The molecule has 0 radical (unpaired) electrons. The minimum Gasteiger partial charge on any atom is -0.366 e. The van der Waals surface area contributed by atoms with Gasteiger partial charge in [0.25, 0.3) is 5.91 Å². The summed E-state index contributed by atoms with van der Waals surface area (Å²) in [5.74, 6) is 0.466. The van der Waals surface area contributed by atoms with Crippen molar-refractivity contribution in [1.82, 2.24) is 20.0 Å². The highest BCUT2D eigenvalue weighted by molar-refractivity contribution is 5.95. The summed E-state index contributed by atoms with van der Waals surface area (Å²) in [7, 11) is 0. The summed E-state index contributed by atoms with van der Waals surface area (Å²) in [5.41, 5.74) is 5.77. The Kier molecular flexibility index (Phi) is 5.29. The molecule has 0 spiro atoms. The van der Waals surface area contributed by atoms with Crippen molar-refractivity contribution in [3.8, 4) is 0 Å². The van der Waals surface area contributed by atoms with E-state index in [4.69, 9.17) is 10.3 Å². The first kappa shape index (κ1) is 18.0. The monoisotopic (exact) mass is 357 g/mol. The van der Waals surface area contributed by atoms with E-state index in [1.165, 1.54) is 18.3 Å². The van der Waals surface area contributed by atoms with E-state index in [2.05, 4.69) is 15.1 Å². The van der Waals surface area contributed by atoms with Crippen LogP contribution in [0, 0.1) is 0 Å². The molecule has 26 heavy (non-hydrogen) atoms. The van der Waals surface area contributed by atoms with Crippen molar-refractivity contribution in [3.05, 3.63) is 41.3 Å². The highest BCUT2D eigenvalue weighted by Gasteiger charge is 2.31. The minimum absolute atomic E-state index is 0.134. The predicted molar refractivity (Wildman–Crippen MR) is 93.4 cm³/mol. The van der Waals surface area contributed by atoms with Crippen molar-refractivity contribution in [2.75, 3.05) is 6.54 Å². The molecular formula is C18H23N5O3. The molecule has 8 heteroatoms. The van der Waals surface area contributed by atoms with Crippen molar-refractivity contribution in [3.63, 3.8) is 0 Å². The summed E-state index contributed by atoms with van der Waals surface area (Å²) in [4.78, 5) is 34.6. The summed E-state index contributed by atoms with van der Waals surface area (Å²) in [6.45, 7) is 4.57. The van der Waals surface area contributed by atoms with Gasteiger partial charge in [0.15, 0.2) is 5.82 Å². The number of likely N-dealkylation sites (tertiary alicyclic amines) is 1. The van der Waals surface area contributed by atoms with Crippen LogP contribution in [0.3, 0.4) is 0 Å². The van der Waals surface area contributed by atoms with Crippen molar-refractivity contribution in [2.24, 2.45) is 5.73 Å². The van der Waals surface area contributed by atoms with Crippen molar-refractivity contribution < 1.29 is 14.1 Å². The molecule has 0 aromatic carbocycles. The normalized spacial score (nSPS) is 18.0. The second-order valence-electron chi connectivity index (χ2n) is 6.81. The van der Waals surface area contributed by atoms with Gasteiger partial charge in [0.2, 0.25) is 11.8 Å². The zero-order valence-corrected chi connectivity index (χ0v) is 15.0. The van der Waals surface area contributed by atoms with E-state index >= 15 is 0 Å². The lowest BCUT2D eigenvalue weighted by molar-refractivity contribution is 0.0664. The van der Waals surface area contributed by atoms with E-state index < -0.39 is 5.91 Å². The highest BCUT2D eigenvalue weighted by Crippen LogP contribution is 2.30. The van der Waals surface area contributed by atoms with Crippen LogP contribution < -0.4 is 5.73 Å². The Bertz CT molecular complexity index is 784. The molecule has 8 nitrogen and oxygen atoms in total. The van der Waals surface area contributed by atoms with E-state index in [-0.39, 0.29) is 29.1 Å². The van der Waals surface area contributed by atoms with Crippen LogP contribution in [0.4, 0.5) is 0 Å². The molecule has 2 aromatic rings. The first-order chi connectivity index (χ1) is 12.5. The maximum atomic E-state index is 13.0. The molecular weight excluding hydrogens is 334 g/mol. The molecule has 1 unspecified atom stereocenters. The number of nitrogens with two attached hydrogens (primary N) is 1. The molecule has 2 aromatic heterocycles. The van der Waals surface area contributed by atoms with Gasteiger partial charge in [0.05, 0.1) is 11.6 Å². The van der Waals surface area contributed by atoms with E-state index in [0.29, 0.717) is 18.3 Å². The molecule has 2 N–H and O–H groups in total. The fraction of sp³-hybridized carbons (Fsp3) is 0.500. The standard InChI is InChI=1S/C18H23N5O3/c1-11(2)17-21-16(22-26-17)14-6-4-3-5-9-23(14)18(25)13-8-7-12(10-20-13)15(19)24/h7-8,10-11,14H,3-6,9H2,1-2H3,(H2,19,24). The highest BCUT2D eigenvalue weighted by atomic mass is 16.5. The van der Waals surface area contributed by atoms with Crippen LogP contribution in [0.2, 0.25) is 0 Å². The summed E-state index contributed by atoms with van der Waals surface area (Å²) < 4.78 is 5.33. The molecule has 0 aliphatic carbocycles. The number of nitrogens with zero attached hydrogens (tertiary/aromatic N) is 4. The molecule has 1 saturated heterocycles. The van der Waals surface area contributed by atoms with Gasteiger partial charge >= 0.3 is 0 Å². The molecule has 1 aliphatic heterocycles. The van der Waals surface area contributed by atoms with Crippen molar-refractivity contribution >= 4 is 11.8 Å². The van der Waals surface area contributed by atoms with E-state index in [0.717, 1.165) is 25.7 Å². The van der Waals surface area contributed by atoms with Gasteiger partial charge in [-0.1, -0.05) is 31.8 Å². The molecule has 1 fully saturated rings. The van der Waals surface area contributed by atoms with Gasteiger partial charge in [-0.2, -0.15) is 4.98 Å². The number of pyridine rings is 1. The zero-order chi connectivity index (χ0) is 18.7. The lowest BCUT2D eigenvalue weighted by Gasteiger charge is -2.27. The van der Waals surface area contributed by atoms with Crippen LogP contribution >= 0.6 is 0 Å². The van der Waals surface area contributed by atoms with Crippen LogP contribution in [0.15, 0.2) is 22.9 Å². The molecule has 1 atom stereocenters. The average Bonchev–Trinajstić information content (AvgIpc) is 3.00. The Hall–Kier alpha value is -2.77. The zero-order valence-electron chi connectivity index (χ0n) is 15.0. The van der Waals surface area contributed by atoms with E-state index in [1.54, 1.807) is 4.90 Å². The van der Waals surface area contributed by atoms with Gasteiger partial charge in [-0.25, -0.2) is 0 Å². The lowest BCUT2D eigenvalue weighted by atomic mass is 10.1. The Morgan fingerprint density at radius 2 is 2.08 bits per heavy atom. The Morgan fingerprint density at radius 1 is 1.27 bits per heavy atom. The predicted octanol–water partition coefficient (Wildman–Crippen LogP) is 2.44. The van der Waals surface area contributed by atoms with Crippen LogP contribution in [-0.4, -0.2) is 38.4 Å². The second kappa shape index (κ2) is 7.63. The maximum absolute atomic E-state index is 13.0. The summed E-state index contributed by atoms with van der Waals surface area (Å²) in [5, 5.41) is 4.10. The number of primary amides is 1. The van der Waals surface area contributed by atoms with Gasteiger partial charge in [-0.15, -0.1) is 0 Å². The quantitative estimate of drug-likeness (QED) is 0.898. The third-order valence-corrected chi connectivity index (χ3v) is 4.53. The van der Waals surface area contributed by atoms with Crippen molar-refractivity contribution in [1.29, 1.82) is 0 Å². The summed E-state index contributed by atoms with van der Waals surface area (Å²) in [6, 6.07) is 2.81. The first-order valence-electron chi connectivity index (χ1n) is 8.87. The fourth-order valence-electron chi connectivity index (χ4n) is 3.05. The lowest BCUT2D eigenvalue weighted by Crippen LogP contribution is -2.36. The number of aromatic nitrogens is 3. The summed E-state index contributed by atoms with van der Waals surface area (Å²) in [6.07, 6.45) is 5.06. The van der Waals surface area contributed by atoms with Gasteiger partial charge < -0.3 is 15.2 Å². The van der Waals surface area contributed by atoms with Crippen LogP contribution in [0.25, 0.3) is 0 Å². The van der Waals surface area contributed by atoms with Crippen LogP contribution in [0.5, 0.6) is 0 Å². The maximum Gasteiger partial charge on any atom is 0.273 e. The molecule has 0 saturated carbocycles. The number of carbonyl (C=O) groups is 2. The SMILES string of the molecule is CC(C)c1nc(C2CCCCCN2C(=O)c2ccc(C(N)=O)cn2)no1. The molecule has 0 bridgehead atoms. The molecule has 138 valence electrons. The van der Waals surface area contributed by atoms with Gasteiger partial charge in [-0.05, 0) is 25.0 Å². The molecule has 1 aliphatic rings. The van der Waals surface area contributed by atoms with Gasteiger partial charge in [0, 0.05) is 18.7 Å². The first-order valence-corrected chi connectivity index (χ1v) is 8.87. The smallest absolute Gasteiger partial charge is 0.273 e. The summed E-state index contributed by atoms with van der Waals surface area (Å²) >= 11 is 0. The van der Waals surface area contributed by atoms with Gasteiger partial charge in [0.1, 0.15) is 5.69 Å². The van der Waals surface area contributed by atoms with Crippen LogP contribution in [-0.2, 0) is 0 Å². The number of carbonyl (C=O) groups excluding carboxylic acids is 2. The van der Waals surface area contributed by atoms with E-state index in [9.17, 15) is 9.59 Å². The third-order valence-electron chi connectivity index (χ3n) is 4.53. The third kappa shape index (κ3) is 3.74. The number of hydrogen-bond acceptors (Lipinski definition) is 6. The Labute approximate surface area is 151 Å². The molecule has 2 amide bonds. The Balaban J connectivity index is 1.87. The number of amides is 2. The minimum atomic E-state index is -0.572. The van der Waals surface area contributed by atoms with Gasteiger partial charge in [-0.3, -0.25) is 14.6 Å².